The first kappa shape index (κ1) is 16.5. The van der Waals surface area contributed by atoms with Gasteiger partial charge in [-0.2, -0.15) is 0 Å². The third kappa shape index (κ3) is 4.56. The summed E-state index contributed by atoms with van der Waals surface area (Å²) in [6, 6.07) is 11.8. The molecule has 2 rings (SSSR count). The van der Waals surface area contributed by atoms with Crippen molar-refractivity contribution in [3.8, 4) is 11.1 Å². The zero-order chi connectivity index (χ0) is 16.3. The smallest absolute Gasteiger partial charge is 0.307 e. The van der Waals surface area contributed by atoms with E-state index >= 15 is 0 Å². The average Bonchev–Trinajstić information content (AvgIpc) is 2.36. The van der Waals surface area contributed by atoms with Gasteiger partial charge in [0.05, 0.1) is 12.2 Å². The Balaban J connectivity index is 2.47. The van der Waals surface area contributed by atoms with Crippen LogP contribution in [0, 0.1) is 0 Å². The van der Waals surface area contributed by atoms with Gasteiger partial charge >= 0.3 is 5.97 Å². The minimum absolute atomic E-state index is 0.171. The number of hydrogen-bond donors (Lipinski definition) is 2. The highest BCUT2D eigenvalue weighted by atomic mass is 35.5. The maximum absolute atomic E-state index is 11.2. The summed E-state index contributed by atoms with van der Waals surface area (Å²) in [5, 5.41) is 14.5. The van der Waals surface area contributed by atoms with E-state index in [1.165, 1.54) is 0 Å². The molecule has 0 radical (unpaired) electrons. The van der Waals surface area contributed by atoms with Crippen LogP contribution in [-0.4, -0.2) is 19.5 Å². The van der Waals surface area contributed by atoms with Crippen LogP contribution >= 0.6 is 11.6 Å². The standard InChI is InChI=1S/C15H14ClNO4S/c16-13-4-5-14(12(7-13)8-15(18)19)11-3-1-2-10(6-11)9-22(17,20)21/h1-7H,8-9H2,(H,18,19)(H2,17,20,21). The molecule has 0 atom stereocenters. The second kappa shape index (κ2) is 6.48. The van der Waals surface area contributed by atoms with Gasteiger partial charge in [-0.1, -0.05) is 41.9 Å². The summed E-state index contributed by atoms with van der Waals surface area (Å²) in [7, 11) is -3.63. The van der Waals surface area contributed by atoms with Crippen LogP contribution in [0.25, 0.3) is 11.1 Å². The fourth-order valence-electron chi connectivity index (χ4n) is 2.21. The molecule has 5 nitrogen and oxygen atoms in total. The van der Waals surface area contributed by atoms with Crippen molar-refractivity contribution in [3.05, 3.63) is 58.6 Å². The lowest BCUT2D eigenvalue weighted by Crippen LogP contribution is -2.14. The van der Waals surface area contributed by atoms with Crippen LogP contribution in [0.4, 0.5) is 0 Å². The Morgan fingerprint density at radius 3 is 2.55 bits per heavy atom. The Labute approximate surface area is 133 Å². The zero-order valence-corrected chi connectivity index (χ0v) is 13.1. The maximum Gasteiger partial charge on any atom is 0.307 e. The molecule has 0 saturated heterocycles. The largest absolute Gasteiger partial charge is 0.481 e. The molecule has 0 aromatic heterocycles. The molecule has 0 unspecified atom stereocenters. The lowest BCUT2D eigenvalue weighted by Gasteiger charge is -2.10. The number of primary sulfonamides is 1. The molecule has 0 bridgehead atoms. The number of carboxylic acid groups (broad SMARTS) is 1. The van der Waals surface area contributed by atoms with E-state index < -0.39 is 16.0 Å². The third-order valence-electron chi connectivity index (χ3n) is 3.01. The molecule has 0 amide bonds. The number of carbonyl (C=O) groups is 1. The number of halogens is 1. The van der Waals surface area contributed by atoms with Crippen molar-refractivity contribution in [2.45, 2.75) is 12.2 Å². The number of nitrogens with two attached hydrogens (primary N) is 1. The fourth-order valence-corrected chi connectivity index (χ4v) is 3.05. The van der Waals surface area contributed by atoms with Crippen LogP contribution < -0.4 is 5.14 Å². The second-order valence-electron chi connectivity index (χ2n) is 4.88. The van der Waals surface area contributed by atoms with Crippen molar-refractivity contribution in [2.75, 3.05) is 0 Å². The van der Waals surface area contributed by atoms with Gasteiger partial charge in [-0.3, -0.25) is 4.79 Å². The number of hydrogen-bond acceptors (Lipinski definition) is 3. The molecule has 0 aliphatic heterocycles. The summed E-state index contributed by atoms with van der Waals surface area (Å²) >= 11 is 5.92. The highest BCUT2D eigenvalue weighted by molar-refractivity contribution is 7.88. The molecule has 0 spiro atoms. The molecule has 116 valence electrons. The van der Waals surface area contributed by atoms with E-state index in [0.717, 1.165) is 0 Å². The third-order valence-corrected chi connectivity index (χ3v) is 3.99. The van der Waals surface area contributed by atoms with Crippen LogP contribution in [0.15, 0.2) is 42.5 Å². The summed E-state index contributed by atoms with van der Waals surface area (Å²) < 4.78 is 22.4. The molecule has 0 aliphatic carbocycles. The van der Waals surface area contributed by atoms with Crippen molar-refractivity contribution in [2.24, 2.45) is 5.14 Å². The average molecular weight is 340 g/mol. The zero-order valence-electron chi connectivity index (χ0n) is 11.5. The number of benzene rings is 2. The highest BCUT2D eigenvalue weighted by Crippen LogP contribution is 2.28. The van der Waals surface area contributed by atoms with Crippen LogP contribution in [0.3, 0.4) is 0 Å². The van der Waals surface area contributed by atoms with E-state index in [-0.39, 0.29) is 12.2 Å². The van der Waals surface area contributed by atoms with Gasteiger partial charge in [-0.05, 0) is 34.4 Å². The first-order valence-electron chi connectivity index (χ1n) is 6.34. The SMILES string of the molecule is NS(=O)(=O)Cc1cccc(-c2ccc(Cl)cc2CC(=O)O)c1. The number of aliphatic carboxylic acids is 1. The molecule has 0 heterocycles. The van der Waals surface area contributed by atoms with Crippen LogP contribution in [0.5, 0.6) is 0 Å². The molecule has 2 aromatic rings. The molecule has 22 heavy (non-hydrogen) atoms. The fraction of sp³-hybridized carbons (Fsp3) is 0.133. The van der Waals surface area contributed by atoms with E-state index in [9.17, 15) is 13.2 Å². The van der Waals surface area contributed by atoms with Gasteiger partial charge in [0.2, 0.25) is 10.0 Å². The molecule has 2 aromatic carbocycles. The van der Waals surface area contributed by atoms with Crippen LogP contribution in [0.2, 0.25) is 5.02 Å². The van der Waals surface area contributed by atoms with E-state index in [4.69, 9.17) is 21.8 Å². The minimum atomic E-state index is -3.63. The van der Waals surface area contributed by atoms with E-state index in [1.54, 1.807) is 42.5 Å². The predicted octanol–water partition coefficient (Wildman–Crippen LogP) is 2.42. The summed E-state index contributed by atoms with van der Waals surface area (Å²) in [6.07, 6.45) is -0.171. The summed E-state index contributed by atoms with van der Waals surface area (Å²) in [5.74, 6) is -1.24. The minimum Gasteiger partial charge on any atom is -0.481 e. The monoisotopic (exact) mass is 339 g/mol. The second-order valence-corrected chi connectivity index (χ2v) is 6.93. The van der Waals surface area contributed by atoms with Crippen molar-refractivity contribution in [1.29, 1.82) is 0 Å². The molecule has 0 aliphatic rings. The normalized spacial score (nSPS) is 11.4. The van der Waals surface area contributed by atoms with E-state index in [2.05, 4.69) is 0 Å². The summed E-state index contributed by atoms with van der Waals surface area (Å²) in [4.78, 5) is 11.0. The first-order valence-corrected chi connectivity index (χ1v) is 8.44. The molecule has 0 saturated carbocycles. The van der Waals surface area contributed by atoms with Gasteiger partial charge < -0.3 is 5.11 Å². The Morgan fingerprint density at radius 1 is 1.18 bits per heavy atom. The maximum atomic E-state index is 11.2. The van der Waals surface area contributed by atoms with Crippen molar-refractivity contribution < 1.29 is 18.3 Å². The van der Waals surface area contributed by atoms with Gasteiger partial charge in [0.1, 0.15) is 0 Å². The predicted molar refractivity (Wildman–Crippen MR) is 85.0 cm³/mol. The molecular formula is C15H14ClNO4S. The van der Waals surface area contributed by atoms with Gasteiger partial charge in [-0.15, -0.1) is 0 Å². The van der Waals surface area contributed by atoms with Gasteiger partial charge in [0.15, 0.2) is 0 Å². The Bertz CT molecular complexity index is 818. The van der Waals surface area contributed by atoms with Gasteiger partial charge in [0.25, 0.3) is 0 Å². The molecular weight excluding hydrogens is 326 g/mol. The molecule has 0 fully saturated rings. The van der Waals surface area contributed by atoms with E-state index in [0.29, 0.717) is 27.3 Å². The van der Waals surface area contributed by atoms with Gasteiger partial charge in [0, 0.05) is 5.02 Å². The van der Waals surface area contributed by atoms with Crippen molar-refractivity contribution >= 4 is 27.6 Å². The quantitative estimate of drug-likeness (QED) is 0.874. The van der Waals surface area contributed by atoms with Crippen molar-refractivity contribution in [3.63, 3.8) is 0 Å². The summed E-state index contributed by atoms with van der Waals surface area (Å²) in [6.45, 7) is 0. The Kier molecular flexibility index (Phi) is 4.85. The van der Waals surface area contributed by atoms with Crippen LogP contribution in [0.1, 0.15) is 11.1 Å². The van der Waals surface area contributed by atoms with Crippen LogP contribution in [-0.2, 0) is 27.0 Å². The lowest BCUT2D eigenvalue weighted by atomic mass is 9.96. The van der Waals surface area contributed by atoms with Crippen molar-refractivity contribution in [1.82, 2.24) is 0 Å². The highest BCUT2D eigenvalue weighted by Gasteiger charge is 2.11. The first-order chi connectivity index (χ1) is 10.2. The number of carboxylic acids is 1. The Morgan fingerprint density at radius 2 is 1.91 bits per heavy atom. The number of rotatable bonds is 5. The number of sulfonamides is 1. The van der Waals surface area contributed by atoms with Gasteiger partial charge in [-0.25, -0.2) is 13.6 Å². The molecule has 3 N–H and O–H groups in total. The molecule has 7 heteroatoms. The van der Waals surface area contributed by atoms with E-state index in [1.807, 2.05) is 0 Å². The topological polar surface area (TPSA) is 97.5 Å². The summed E-state index contributed by atoms with van der Waals surface area (Å²) in [5.41, 5.74) is 2.51. The lowest BCUT2D eigenvalue weighted by molar-refractivity contribution is -0.136. The Hall–Kier alpha value is -1.89.